The summed E-state index contributed by atoms with van der Waals surface area (Å²) in [7, 11) is 0. The highest BCUT2D eigenvalue weighted by Crippen LogP contribution is 2.50. The number of nitrogens with zero attached hydrogens (tertiary/aromatic N) is 4. The third kappa shape index (κ3) is 9.13. The molecule has 3 aliphatic heterocycles. The third-order valence-electron chi connectivity index (χ3n) is 13.3. The number of carbonyl (C=O) groups is 4. The first kappa shape index (κ1) is 42.8. The molecule has 6 N–H and O–H groups in total. The van der Waals surface area contributed by atoms with Crippen molar-refractivity contribution >= 4 is 64.1 Å². The van der Waals surface area contributed by atoms with E-state index in [1.807, 2.05) is 6.07 Å². The molecule has 9 rings (SSSR count). The molecule has 5 aromatic rings. The monoisotopic (exact) mass is 887 g/mol. The number of primary amides is 1. The van der Waals surface area contributed by atoms with Gasteiger partial charge in [-0.2, -0.15) is 4.98 Å². The van der Waals surface area contributed by atoms with E-state index in [4.69, 9.17) is 17.3 Å². The zero-order chi connectivity index (χ0) is 44.5. The molecule has 13 nitrogen and oxygen atoms in total. The minimum atomic E-state index is -0.690. The van der Waals surface area contributed by atoms with Crippen molar-refractivity contribution in [2.75, 3.05) is 41.7 Å². The van der Waals surface area contributed by atoms with Gasteiger partial charge in [-0.05, 0) is 135 Å². The smallest absolute Gasteiger partial charge is 0.251 e. The Morgan fingerprint density at radius 2 is 1.56 bits per heavy atom. The number of likely N-dealkylation sites (tertiary alicyclic amines) is 1. The van der Waals surface area contributed by atoms with Crippen LogP contribution in [0.3, 0.4) is 0 Å². The molecule has 1 saturated carbocycles. The van der Waals surface area contributed by atoms with Crippen LogP contribution in [0.5, 0.6) is 0 Å². The van der Waals surface area contributed by atoms with Gasteiger partial charge in [-0.25, -0.2) is 13.8 Å². The minimum absolute atomic E-state index is 0.0953. The standard InChI is InChI=1S/C48H48ClF2N9O4/c49-38-4-2-1-3-35(38)37-24-31(10-11-36(37)43(52)62)54-44-40(51)27-53-47(58-44)56-30-8-5-28(6-9-30)45(63)55-32-25-48(26-32)17-21-59(22-18-48)33-15-19-60(20-16-33)41-13-7-29(23-39(41)50)34-12-14-42(61)57-46(34)64/h1-11,13,23-24,27,32-34H,12,14-22,25-26H2,(H2,52,62)(H,55,63)(H,57,61,64)(H2,53,54,56,58). The number of nitrogens with one attached hydrogen (secondary N) is 4. The molecule has 4 fully saturated rings. The first-order valence-electron chi connectivity index (χ1n) is 21.7. The summed E-state index contributed by atoms with van der Waals surface area (Å²) in [4.78, 5) is 62.4. The maximum atomic E-state index is 15.3. The Bertz CT molecular complexity index is 2610. The summed E-state index contributed by atoms with van der Waals surface area (Å²) in [5, 5.41) is 12.0. The maximum absolute atomic E-state index is 15.3. The fraction of sp³-hybridized carbons (Fsp3) is 0.333. The number of hydrogen-bond donors (Lipinski definition) is 5. The van der Waals surface area contributed by atoms with Crippen LogP contribution >= 0.6 is 11.6 Å². The van der Waals surface area contributed by atoms with Crippen LogP contribution in [0.15, 0.2) is 91.1 Å². The highest BCUT2D eigenvalue weighted by molar-refractivity contribution is 6.33. The lowest BCUT2D eigenvalue weighted by Crippen LogP contribution is -2.56. The van der Waals surface area contributed by atoms with Crippen molar-refractivity contribution in [1.29, 1.82) is 0 Å². The Morgan fingerprint density at radius 3 is 2.27 bits per heavy atom. The number of nitrogens with two attached hydrogens (primary N) is 1. The lowest BCUT2D eigenvalue weighted by Gasteiger charge is -2.54. The van der Waals surface area contributed by atoms with Gasteiger partial charge in [0.05, 0.1) is 17.8 Å². The molecule has 1 aromatic heterocycles. The van der Waals surface area contributed by atoms with Gasteiger partial charge in [0.1, 0.15) is 5.82 Å². The fourth-order valence-electron chi connectivity index (χ4n) is 9.83. The molecule has 330 valence electrons. The predicted molar refractivity (Wildman–Crippen MR) is 241 cm³/mol. The molecule has 4 amide bonds. The van der Waals surface area contributed by atoms with E-state index in [1.54, 1.807) is 72.8 Å². The summed E-state index contributed by atoms with van der Waals surface area (Å²) >= 11 is 6.42. The van der Waals surface area contributed by atoms with Gasteiger partial charge in [-0.3, -0.25) is 24.5 Å². The molecule has 1 aliphatic carbocycles. The van der Waals surface area contributed by atoms with E-state index in [0.29, 0.717) is 56.8 Å². The molecular weight excluding hydrogens is 840 g/mol. The van der Waals surface area contributed by atoms with Crippen molar-refractivity contribution in [2.24, 2.45) is 11.1 Å². The highest BCUT2D eigenvalue weighted by atomic mass is 35.5. The van der Waals surface area contributed by atoms with Gasteiger partial charge in [0.25, 0.3) is 5.91 Å². The number of carbonyl (C=O) groups excluding carboxylic acids is 4. The topological polar surface area (TPSA) is 175 Å². The lowest BCUT2D eigenvalue weighted by molar-refractivity contribution is -0.134. The van der Waals surface area contributed by atoms with Crippen molar-refractivity contribution in [2.45, 2.75) is 69.4 Å². The Labute approximate surface area is 374 Å². The van der Waals surface area contributed by atoms with Gasteiger partial charge < -0.3 is 31.5 Å². The number of hydrogen-bond acceptors (Lipinski definition) is 10. The first-order chi connectivity index (χ1) is 30.9. The fourth-order valence-corrected chi connectivity index (χ4v) is 10.1. The maximum Gasteiger partial charge on any atom is 0.251 e. The van der Waals surface area contributed by atoms with E-state index in [1.165, 1.54) is 6.07 Å². The summed E-state index contributed by atoms with van der Waals surface area (Å²) < 4.78 is 30.2. The van der Waals surface area contributed by atoms with Crippen LogP contribution in [0.2, 0.25) is 5.02 Å². The van der Waals surface area contributed by atoms with Gasteiger partial charge in [-0.1, -0.05) is 35.9 Å². The zero-order valence-corrected chi connectivity index (χ0v) is 35.8. The van der Waals surface area contributed by atoms with Crippen LogP contribution in [0.1, 0.15) is 83.6 Å². The van der Waals surface area contributed by atoms with Crippen LogP contribution in [0.25, 0.3) is 11.1 Å². The number of amides is 4. The van der Waals surface area contributed by atoms with Gasteiger partial charge in [-0.15, -0.1) is 0 Å². The normalized spacial score (nSPS) is 19.2. The number of rotatable bonds is 11. The van der Waals surface area contributed by atoms with E-state index >= 15 is 4.39 Å². The van der Waals surface area contributed by atoms with Crippen molar-refractivity contribution in [3.8, 4) is 11.1 Å². The molecule has 0 radical (unpaired) electrons. The molecule has 1 unspecified atom stereocenters. The van der Waals surface area contributed by atoms with Gasteiger partial charge in [0.2, 0.25) is 23.7 Å². The van der Waals surface area contributed by atoms with Gasteiger partial charge >= 0.3 is 0 Å². The van der Waals surface area contributed by atoms with Crippen LogP contribution < -0.4 is 31.9 Å². The molecule has 0 bridgehead atoms. The zero-order valence-electron chi connectivity index (χ0n) is 35.0. The number of benzene rings is 4. The van der Waals surface area contributed by atoms with Crippen molar-refractivity contribution in [1.82, 2.24) is 25.5 Å². The van der Waals surface area contributed by atoms with Crippen molar-refractivity contribution in [3.63, 3.8) is 0 Å². The van der Waals surface area contributed by atoms with Crippen LogP contribution in [-0.2, 0) is 9.59 Å². The average Bonchev–Trinajstić information content (AvgIpc) is 3.27. The Hall–Kier alpha value is -6.45. The van der Waals surface area contributed by atoms with Gasteiger partial charge in [0.15, 0.2) is 11.6 Å². The second kappa shape index (κ2) is 18.0. The molecular formula is C48H48ClF2N9O4. The average molecular weight is 888 g/mol. The molecule has 64 heavy (non-hydrogen) atoms. The van der Waals surface area contributed by atoms with Crippen LogP contribution in [0.4, 0.5) is 37.6 Å². The summed E-state index contributed by atoms with van der Waals surface area (Å²) in [6, 6.07) is 24.4. The Kier molecular flexibility index (Phi) is 12.0. The lowest BCUT2D eigenvalue weighted by atomic mass is 9.60. The number of imide groups is 1. The predicted octanol–water partition coefficient (Wildman–Crippen LogP) is 7.82. The highest BCUT2D eigenvalue weighted by Gasteiger charge is 2.47. The van der Waals surface area contributed by atoms with E-state index in [2.05, 4.69) is 41.0 Å². The van der Waals surface area contributed by atoms with E-state index in [-0.39, 0.29) is 58.7 Å². The number of piperidine rings is 3. The third-order valence-corrected chi connectivity index (χ3v) is 13.7. The summed E-state index contributed by atoms with van der Waals surface area (Å²) in [6.07, 6.45) is 7.68. The second-order valence-electron chi connectivity index (χ2n) is 17.4. The van der Waals surface area contributed by atoms with Crippen molar-refractivity contribution < 1.29 is 28.0 Å². The summed E-state index contributed by atoms with van der Waals surface area (Å²) in [6.45, 7) is 3.54. The van der Waals surface area contributed by atoms with E-state index < -0.39 is 17.6 Å². The number of halogens is 3. The summed E-state index contributed by atoms with van der Waals surface area (Å²) in [5.41, 5.74) is 9.95. The largest absolute Gasteiger partial charge is 0.369 e. The van der Waals surface area contributed by atoms with E-state index in [0.717, 1.165) is 70.9 Å². The molecule has 3 saturated heterocycles. The summed E-state index contributed by atoms with van der Waals surface area (Å²) in [5.74, 6) is -2.91. The molecule has 4 heterocycles. The Morgan fingerprint density at radius 1 is 0.828 bits per heavy atom. The SMILES string of the molecule is NC(=O)c1ccc(Nc2nc(Nc3ccc(C(=O)NC4CC5(CCN(C6CCN(c7ccc(C8CCC(=O)NC8=O)cc7F)CC6)CC5)C4)cc3)ncc2F)cc1-c1ccccc1Cl. The number of anilines is 5. The Balaban J connectivity index is 0.728. The molecule has 16 heteroatoms. The molecule has 4 aromatic carbocycles. The number of aromatic nitrogens is 2. The quantitative estimate of drug-likeness (QED) is 0.0823. The molecule has 1 spiro atoms. The first-order valence-corrected chi connectivity index (χ1v) is 22.1. The molecule has 4 aliphatic rings. The van der Waals surface area contributed by atoms with Gasteiger partial charge in [0, 0.05) is 64.7 Å². The van der Waals surface area contributed by atoms with Crippen molar-refractivity contribution in [3.05, 3.63) is 124 Å². The second-order valence-corrected chi connectivity index (χ2v) is 17.8. The van der Waals surface area contributed by atoms with E-state index in [9.17, 15) is 23.6 Å². The van der Waals surface area contributed by atoms with Crippen LogP contribution in [0, 0.1) is 17.0 Å². The molecule has 1 atom stereocenters. The minimum Gasteiger partial charge on any atom is -0.369 e. The van der Waals surface area contributed by atoms with Crippen LogP contribution in [-0.4, -0.2) is 76.8 Å².